The first-order chi connectivity index (χ1) is 9.22. The molecule has 0 bridgehead atoms. The summed E-state index contributed by atoms with van der Waals surface area (Å²) in [5.41, 5.74) is 0.771. The summed E-state index contributed by atoms with van der Waals surface area (Å²) in [5, 5.41) is 9.01. The molecule has 2 aromatic rings. The van der Waals surface area contributed by atoms with Crippen LogP contribution in [0.25, 0.3) is 0 Å². The monoisotopic (exact) mass is 262 g/mol. The van der Waals surface area contributed by atoms with Crippen LogP contribution >= 0.6 is 0 Å². The first kappa shape index (κ1) is 13.2. The average Bonchev–Trinajstić information content (AvgIpc) is 2.93. The molecule has 19 heavy (non-hydrogen) atoms. The molecule has 2 rings (SSSR count). The number of aliphatic hydroxyl groups is 1. The van der Waals surface area contributed by atoms with E-state index in [2.05, 4.69) is 4.74 Å². The Labute approximate surface area is 110 Å². The van der Waals surface area contributed by atoms with Crippen molar-refractivity contribution in [3.8, 4) is 5.75 Å². The molecule has 0 unspecified atom stereocenters. The predicted octanol–water partition coefficient (Wildman–Crippen LogP) is 2.14. The van der Waals surface area contributed by atoms with E-state index in [1.54, 1.807) is 30.3 Å². The second kappa shape index (κ2) is 6.06. The second-order valence-electron chi connectivity index (χ2n) is 3.85. The maximum atomic E-state index is 11.2. The van der Waals surface area contributed by atoms with Gasteiger partial charge in [-0.25, -0.2) is 4.79 Å². The summed E-state index contributed by atoms with van der Waals surface area (Å²) in [6.07, 6.45) is 0. The van der Waals surface area contributed by atoms with Crippen molar-refractivity contribution in [2.24, 2.45) is 0 Å². The zero-order chi connectivity index (χ0) is 13.7. The number of hydrogen-bond acceptors (Lipinski definition) is 5. The molecule has 5 heteroatoms. The highest BCUT2D eigenvalue weighted by atomic mass is 16.5. The zero-order valence-electron chi connectivity index (χ0n) is 10.5. The molecule has 0 atom stereocenters. The lowest BCUT2D eigenvalue weighted by atomic mass is 10.2. The summed E-state index contributed by atoms with van der Waals surface area (Å²) < 4.78 is 15.3. The van der Waals surface area contributed by atoms with E-state index in [1.165, 1.54) is 13.2 Å². The SMILES string of the molecule is COC(=O)c1ccc(COc2cccc(CO)c2)o1. The molecular weight excluding hydrogens is 248 g/mol. The molecule has 1 aromatic heterocycles. The number of ether oxygens (including phenoxy) is 2. The van der Waals surface area contributed by atoms with Gasteiger partial charge in [-0.2, -0.15) is 0 Å². The van der Waals surface area contributed by atoms with Crippen LogP contribution < -0.4 is 4.74 Å². The van der Waals surface area contributed by atoms with Crippen LogP contribution in [0.2, 0.25) is 0 Å². The lowest BCUT2D eigenvalue weighted by Crippen LogP contribution is -1.99. The quantitative estimate of drug-likeness (QED) is 0.836. The highest BCUT2D eigenvalue weighted by Gasteiger charge is 2.11. The lowest BCUT2D eigenvalue weighted by molar-refractivity contribution is 0.0561. The summed E-state index contributed by atoms with van der Waals surface area (Å²) in [6.45, 7) is 0.163. The molecule has 0 radical (unpaired) electrons. The number of hydrogen-bond donors (Lipinski definition) is 1. The lowest BCUT2D eigenvalue weighted by Gasteiger charge is -2.05. The summed E-state index contributed by atoms with van der Waals surface area (Å²) in [4.78, 5) is 11.2. The Hall–Kier alpha value is -2.27. The first-order valence-electron chi connectivity index (χ1n) is 5.72. The van der Waals surface area contributed by atoms with Crippen LogP contribution in [0, 0.1) is 0 Å². The van der Waals surface area contributed by atoms with Crippen LogP contribution in [0.5, 0.6) is 5.75 Å². The van der Waals surface area contributed by atoms with E-state index in [1.807, 2.05) is 0 Å². The summed E-state index contributed by atoms with van der Waals surface area (Å²) >= 11 is 0. The fourth-order valence-electron chi connectivity index (χ4n) is 1.55. The topological polar surface area (TPSA) is 68.9 Å². The van der Waals surface area contributed by atoms with Gasteiger partial charge in [0, 0.05) is 0 Å². The van der Waals surface area contributed by atoms with E-state index in [-0.39, 0.29) is 19.0 Å². The molecule has 0 fully saturated rings. The number of aliphatic hydroxyl groups excluding tert-OH is 1. The first-order valence-corrected chi connectivity index (χ1v) is 5.72. The second-order valence-corrected chi connectivity index (χ2v) is 3.85. The van der Waals surface area contributed by atoms with Crippen LogP contribution in [0.4, 0.5) is 0 Å². The number of carbonyl (C=O) groups is 1. The van der Waals surface area contributed by atoms with Crippen LogP contribution in [0.15, 0.2) is 40.8 Å². The van der Waals surface area contributed by atoms with Gasteiger partial charge in [-0.05, 0) is 29.8 Å². The van der Waals surface area contributed by atoms with Gasteiger partial charge in [0.15, 0.2) is 0 Å². The predicted molar refractivity (Wildman–Crippen MR) is 66.7 cm³/mol. The molecule has 0 saturated carbocycles. The zero-order valence-corrected chi connectivity index (χ0v) is 10.5. The molecule has 0 aliphatic carbocycles. The molecule has 1 heterocycles. The minimum atomic E-state index is -0.520. The van der Waals surface area contributed by atoms with Gasteiger partial charge in [0.25, 0.3) is 0 Å². The molecule has 0 amide bonds. The Bertz CT molecular complexity index is 558. The van der Waals surface area contributed by atoms with Crippen molar-refractivity contribution < 1.29 is 23.8 Å². The van der Waals surface area contributed by atoms with E-state index in [4.69, 9.17) is 14.3 Å². The van der Waals surface area contributed by atoms with Crippen LogP contribution in [-0.2, 0) is 18.0 Å². The Kier molecular flexibility index (Phi) is 4.20. The van der Waals surface area contributed by atoms with Gasteiger partial charge in [-0.3, -0.25) is 0 Å². The molecule has 0 spiro atoms. The van der Waals surface area contributed by atoms with Gasteiger partial charge in [0.05, 0.1) is 13.7 Å². The van der Waals surface area contributed by atoms with Crippen molar-refractivity contribution in [1.29, 1.82) is 0 Å². The van der Waals surface area contributed by atoms with E-state index >= 15 is 0 Å². The van der Waals surface area contributed by atoms with Crippen LogP contribution in [-0.4, -0.2) is 18.2 Å². The van der Waals surface area contributed by atoms with Crippen molar-refractivity contribution in [2.75, 3.05) is 7.11 Å². The summed E-state index contributed by atoms with van der Waals surface area (Å²) in [5.74, 6) is 0.774. The summed E-state index contributed by atoms with van der Waals surface area (Å²) in [6, 6.07) is 10.3. The van der Waals surface area contributed by atoms with Crippen molar-refractivity contribution in [3.05, 3.63) is 53.5 Å². The van der Waals surface area contributed by atoms with Crippen LogP contribution in [0.3, 0.4) is 0 Å². The fraction of sp³-hybridized carbons (Fsp3) is 0.214. The highest BCUT2D eigenvalue weighted by molar-refractivity contribution is 5.86. The fourth-order valence-corrected chi connectivity index (χ4v) is 1.55. The molecule has 1 aromatic carbocycles. The molecule has 1 N–H and O–H groups in total. The average molecular weight is 262 g/mol. The number of esters is 1. The van der Waals surface area contributed by atoms with Crippen molar-refractivity contribution in [3.63, 3.8) is 0 Å². The van der Waals surface area contributed by atoms with E-state index in [0.29, 0.717) is 11.5 Å². The van der Waals surface area contributed by atoms with Crippen molar-refractivity contribution in [2.45, 2.75) is 13.2 Å². The minimum absolute atomic E-state index is 0.0373. The Morgan fingerprint density at radius 1 is 1.32 bits per heavy atom. The number of furan rings is 1. The van der Waals surface area contributed by atoms with Crippen molar-refractivity contribution >= 4 is 5.97 Å². The molecule has 0 saturated heterocycles. The molecule has 5 nitrogen and oxygen atoms in total. The van der Waals surface area contributed by atoms with E-state index in [9.17, 15) is 4.79 Å². The Morgan fingerprint density at radius 2 is 2.16 bits per heavy atom. The molecule has 0 aliphatic rings. The Balaban J connectivity index is 1.98. The van der Waals surface area contributed by atoms with Gasteiger partial charge < -0.3 is 19.0 Å². The van der Waals surface area contributed by atoms with Crippen LogP contribution in [0.1, 0.15) is 21.9 Å². The molecule has 0 aliphatic heterocycles. The largest absolute Gasteiger partial charge is 0.486 e. The minimum Gasteiger partial charge on any atom is -0.486 e. The van der Waals surface area contributed by atoms with E-state index in [0.717, 1.165) is 5.56 Å². The normalized spacial score (nSPS) is 10.2. The highest BCUT2D eigenvalue weighted by Crippen LogP contribution is 2.16. The number of rotatable bonds is 5. The summed E-state index contributed by atoms with van der Waals surface area (Å²) in [7, 11) is 1.29. The van der Waals surface area contributed by atoms with Crippen molar-refractivity contribution in [1.82, 2.24) is 0 Å². The smallest absolute Gasteiger partial charge is 0.373 e. The van der Waals surface area contributed by atoms with Gasteiger partial charge in [-0.1, -0.05) is 12.1 Å². The third-order valence-corrected chi connectivity index (χ3v) is 2.51. The van der Waals surface area contributed by atoms with E-state index < -0.39 is 5.97 Å². The van der Waals surface area contributed by atoms with Gasteiger partial charge in [0.1, 0.15) is 18.1 Å². The molecule has 100 valence electrons. The third-order valence-electron chi connectivity index (χ3n) is 2.51. The van der Waals surface area contributed by atoms with Gasteiger partial charge in [-0.15, -0.1) is 0 Å². The number of carbonyl (C=O) groups excluding carboxylic acids is 1. The van der Waals surface area contributed by atoms with Gasteiger partial charge in [0.2, 0.25) is 5.76 Å². The third kappa shape index (κ3) is 3.35. The maximum Gasteiger partial charge on any atom is 0.373 e. The number of benzene rings is 1. The number of methoxy groups -OCH3 is 1. The maximum absolute atomic E-state index is 11.2. The molecular formula is C14H14O5. The van der Waals surface area contributed by atoms with Gasteiger partial charge >= 0.3 is 5.97 Å². The standard InChI is InChI=1S/C14H14O5/c1-17-14(16)13-6-5-12(19-13)9-18-11-4-2-3-10(7-11)8-15/h2-7,15H,8-9H2,1H3. The Morgan fingerprint density at radius 3 is 2.89 bits per heavy atom.